The Morgan fingerprint density at radius 1 is 1.08 bits per heavy atom. The second kappa shape index (κ2) is 8.68. The number of esters is 1. The number of aliphatic hydroxyl groups is 1. The van der Waals surface area contributed by atoms with Crippen LogP contribution in [0.2, 0.25) is 0 Å². The third-order valence-corrected chi connectivity index (χ3v) is 8.08. The maximum atomic E-state index is 14.4. The van der Waals surface area contributed by atoms with Crippen molar-refractivity contribution in [2.75, 3.05) is 33.2 Å². The molecule has 10 heteroatoms. The molecule has 37 heavy (non-hydrogen) atoms. The maximum absolute atomic E-state index is 14.4. The van der Waals surface area contributed by atoms with E-state index in [-0.39, 0.29) is 37.1 Å². The summed E-state index contributed by atoms with van der Waals surface area (Å²) in [6.07, 6.45) is -0.0360. The highest BCUT2D eigenvalue weighted by molar-refractivity contribution is 5.88. The zero-order valence-electron chi connectivity index (χ0n) is 20.8. The summed E-state index contributed by atoms with van der Waals surface area (Å²) in [4.78, 5) is 35.1. The van der Waals surface area contributed by atoms with E-state index in [1.54, 1.807) is 17.6 Å². The zero-order chi connectivity index (χ0) is 26.1. The average Bonchev–Trinajstić information content (AvgIpc) is 3.17. The molecule has 0 aliphatic carbocycles. The van der Waals surface area contributed by atoms with Crippen LogP contribution in [0.25, 0.3) is 22.3 Å². The van der Waals surface area contributed by atoms with Crippen molar-refractivity contribution in [2.24, 2.45) is 0 Å². The van der Waals surface area contributed by atoms with Crippen molar-refractivity contribution in [3.05, 3.63) is 62.4 Å². The number of rotatable bonds is 3. The third-order valence-electron chi connectivity index (χ3n) is 8.08. The first-order valence-electron chi connectivity index (χ1n) is 12.6. The lowest BCUT2D eigenvalue weighted by molar-refractivity contribution is -0.149. The number of carbonyl (C=O) groups excluding carboxylic acids is 1. The topological polar surface area (TPSA) is 87.9 Å². The first-order chi connectivity index (χ1) is 17.7. The number of cyclic esters (lactones) is 1. The SMILES string of the molecule is CCC1(O)CC(=O)OCc2c1cc1n(c2=O)Cc2c-1nc1cc(F)c(F)cc1c2CN1CCN(C)CC1. The summed E-state index contributed by atoms with van der Waals surface area (Å²) in [6, 6.07) is 4.00. The van der Waals surface area contributed by atoms with E-state index >= 15 is 0 Å². The lowest BCUT2D eigenvalue weighted by Gasteiger charge is -2.33. The number of ether oxygens (including phenoxy) is 1. The summed E-state index contributed by atoms with van der Waals surface area (Å²) in [6.45, 7) is 5.71. The molecule has 194 valence electrons. The van der Waals surface area contributed by atoms with Crippen molar-refractivity contribution in [3.8, 4) is 11.4 Å². The van der Waals surface area contributed by atoms with E-state index in [9.17, 15) is 23.5 Å². The van der Waals surface area contributed by atoms with Gasteiger partial charge in [0, 0.05) is 49.7 Å². The molecule has 0 saturated carbocycles. The predicted molar refractivity (Wildman–Crippen MR) is 132 cm³/mol. The van der Waals surface area contributed by atoms with Gasteiger partial charge in [0.1, 0.15) is 12.2 Å². The smallest absolute Gasteiger partial charge is 0.309 e. The van der Waals surface area contributed by atoms with Crippen LogP contribution in [0.5, 0.6) is 0 Å². The summed E-state index contributed by atoms with van der Waals surface area (Å²) in [5, 5.41) is 11.9. The van der Waals surface area contributed by atoms with E-state index in [0.717, 1.165) is 43.4 Å². The lowest BCUT2D eigenvalue weighted by atomic mass is 9.85. The van der Waals surface area contributed by atoms with Crippen molar-refractivity contribution in [2.45, 2.75) is 45.1 Å². The molecule has 3 aliphatic rings. The number of aromatic nitrogens is 2. The van der Waals surface area contributed by atoms with Crippen LogP contribution in [-0.2, 0) is 34.8 Å². The monoisotopic (exact) mass is 510 g/mol. The minimum absolute atomic E-state index is 0.209. The van der Waals surface area contributed by atoms with Crippen molar-refractivity contribution in [1.82, 2.24) is 19.4 Å². The molecule has 8 nitrogen and oxygen atoms in total. The Morgan fingerprint density at radius 3 is 2.54 bits per heavy atom. The van der Waals surface area contributed by atoms with Crippen molar-refractivity contribution < 1.29 is 23.4 Å². The number of hydrogen-bond acceptors (Lipinski definition) is 7. The fraction of sp³-hybridized carbons (Fsp3) is 0.444. The molecule has 1 aromatic carbocycles. The number of piperazine rings is 1. The van der Waals surface area contributed by atoms with Crippen LogP contribution in [0, 0.1) is 11.6 Å². The highest BCUT2D eigenvalue weighted by atomic mass is 19.2. The van der Waals surface area contributed by atoms with Crippen LogP contribution < -0.4 is 5.56 Å². The molecule has 1 N–H and O–H groups in total. The second-order valence-corrected chi connectivity index (χ2v) is 10.3. The standard InChI is InChI=1S/C27H28F2N4O4/c1-3-27(36)11-24(34)37-14-18-19(27)9-23-25-17(13-33(23)26(18)35)16(12-32-6-4-31(2)5-7-32)15-8-20(28)21(29)10-22(15)30-25/h8-10,36H,3-7,11-14H2,1-2H3. The minimum atomic E-state index is -1.55. The molecule has 0 amide bonds. The minimum Gasteiger partial charge on any atom is -0.460 e. The molecule has 6 rings (SSSR count). The molecule has 1 saturated heterocycles. The Labute approximate surface area is 212 Å². The summed E-state index contributed by atoms with van der Waals surface area (Å²) in [7, 11) is 2.07. The summed E-state index contributed by atoms with van der Waals surface area (Å²) in [5.41, 5.74) is 1.61. The Balaban J connectivity index is 1.56. The normalized spacial score (nSPS) is 21.9. The van der Waals surface area contributed by atoms with Gasteiger partial charge in [-0.2, -0.15) is 0 Å². The van der Waals surface area contributed by atoms with Crippen LogP contribution >= 0.6 is 0 Å². The van der Waals surface area contributed by atoms with Gasteiger partial charge in [0.05, 0.1) is 35.4 Å². The quantitative estimate of drug-likeness (QED) is 0.424. The number of likely N-dealkylation sites (N-methyl/N-ethyl adjacent to an activating group) is 1. The van der Waals surface area contributed by atoms with E-state index in [1.165, 1.54) is 6.07 Å². The number of fused-ring (bicyclic) bond motifs is 5. The van der Waals surface area contributed by atoms with Crippen LogP contribution in [0.15, 0.2) is 23.0 Å². The largest absolute Gasteiger partial charge is 0.460 e. The number of benzene rings is 1. The number of nitrogens with zero attached hydrogens (tertiary/aromatic N) is 4. The third kappa shape index (κ3) is 3.86. The predicted octanol–water partition coefficient (Wildman–Crippen LogP) is 2.50. The summed E-state index contributed by atoms with van der Waals surface area (Å²) >= 11 is 0. The highest BCUT2D eigenvalue weighted by Crippen LogP contribution is 2.41. The first-order valence-corrected chi connectivity index (χ1v) is 12.6. The van der Waals surface area contributed by atoms with Crippen LogP contribution in [-0.4, -0.2) is 63.7 Å². The van der Waals surface area contributed by atoms with Gasteiger partial charge in [0.25, 0.3) is 5.56 Å². The molecule has 0 bridgehead atoms. The molecule has 3 aliphatic heterocycles. The van der Waals surface area contributed by atoms with Gasteiger partial charge in [-0.1, -0.05) is 6.92 Å². The van der Waals surface area contributed by atoms with Crippen LogP contribution in [0.3, 0.4) is 0 Å². The van der Waals surface area contributed by atoms with Crippen LogP contribution in [0.1, 0.15) is 42.0 Å². The molecule has 1 atom stereocenters. The first kappa shape index (κ1) is 24.1. The van der Waals surface area contributed by atoms with Gasteiger partial charge in [0.2, 0.25) is 0 Å². The van der Waals surface area contributed by atoms with Crippen molar-refractivity contribution >= 4 is 16.9 Å². The Morgan fingerprint density at radius 2 is 1.81 bits per heavy atom. The fourth-order valence-electron chi connectivity index (χ4n) is 5.76. The fourth-order valence-corrected chi connectivity index (χ4v) is 5.76. The summed E-state index contributed by atoms with van der Waals surface area (Å²) < 4.78 is 35.5. The van der Waals surface area contributed by atoms with Gasteiger partial charge in [-0.25, -0.2) is 13.8 Å². The average molecular weight is 511 g/mol. The van der Waals surface area contributed by atoms with E-state index in [2.05, 4.69) is 16.8 Å². The second-order valence-electron chi connectivity index (χ2n) is 10.3. The highest BCUT2D eigenvalue weighted by Gasteiger charge is 2.40. The molecule has 1 fully saturated rings. The summed E-state index contributed by atoms with van der Waals surface area (Å²) in [5.74, 6) is -2.50. The molecule has 0 spiro atoms. The number of pyridine rings is 2. The van der Waals surface area contributed by atoms with Crippen molar-refractivity contribution in [3.63, 3.8) is 0 Å². The molecule has 2 aromatic heterocycles. The van der Waals surface area contributed by atoms with E-state index in [4.69, 9.17) is 9.72 Å². The number of hydrogen-bond donors (Lipinski definition) is 1. The lowest BCUT2D eigenvalue weighted by Crippen LogP contribution is -2.44. The van der Waals surface area contributed by atoms with E-state index in [1.807, 2.05) is 0 Å². The molecule has 3 aromatic rings. The van der Waals surface area contributed by atoms with E-state index < -0.39 is 23.2 Å². The molecule has 1 unspecified atom stereocenters. The van der Waals surface area contributed by atoms with Crippen LogP contribution in [0.4, 0.5) is 8.78 Å². The van der Waals surface area contributed by atoms with Gasteiger partial charge < -0.3 is 19.3 Å². The maximum Gasteiger partial charge on any atom is 0.309 e. The number of halogens is 2. The van der Waals surface area contributed by atoms with Gasteiger partial charge in [-0.15, -0.1) is 0 Å². The zero-order valence-corrected chi connectivity index (χ0v) is 20.8. The van der Waals surface area contributed by atoms with E-state index in [0.29, 0.717) is 34.4 Å². The van der Waals surface area contributed by atoms with Gasteiger partial charge >= 0.3 is 5.97 Å². The molecular weight excluding hydrogens is 482 g/mol. The van der Waals surface area contributed by atoms with Crippen molar-refractivity contribution in [1.29, 1.82) is 0 Å². The van der Waals surface area contributed by atoms with Gasteiger partial charge in [-0.3, -0.25) is 14.5 Å². The Kier molecular flexibility index (Phi) is 5.66. The Bertz CT molecular complexity index is 1510. The Hall–Kier alpha value is -3.21. The van der Waals surface area contributed by atoms with Gasteiger partial charge in [0.15, 0.2) is 11.6 Å². The molecular formula is C27H28F2N4O4. The number of carbonyl (C=O) groups is 1. The molecule has 0 radical (unpaired) electrons. The molecule has 5 heterocycles. The van der Waals surface area contributed by atoms with Gasteiger partial charge in [-0.05, 0) is 36.7 Å².